The molecule has 2 saturated carbocycles. The summed E-state index contributed by atoms with van der Waals surface area (Å²) in [6.07, 6.45) is 15.7. The highest BCUT2D eigenvalue weighted by Gasteiger charge is 2.74. The third kappa shape index (κ3) is 3.97. The van der Waals surface area contributed by atoms with Gasteiger partial charge in [0.2, 0.25) is 0 Å². The minimum atomic E-state index is -0.634. The van der Waals surface area contributed by atoms with Crippen LogP contribution in [0.25, 0.3) is 0 Å². The number of rotatable bonds is 12. The van der Waals surface area contributed by atoms with E-state index in [9.17, 15) is 9.59 Å². The fourth-order valence-corrected chi connectivity index (χ4v) is 7.82. The fourth-order valence-electron chi connectivity index (χ4n) is 7.82. The molecule has 1 heterocycles. The van der Waals surface area contributed by atoms with Crippen LogP contribution in [0.3, 0.4) is 0 Å². The molecule has 35 heavy (non-hydrogen) atoms. The number of benzene rings is 1. The molecule has 1 aromatic carbocycles. The Hall–Kier alpha value is -2.04. The van der Waals surface area contributed by atoms with Crippen molar-refractivity contribution in [3.8, 4) is 11.5 Å². The quantitative estimate of drug-likeness (QED) is 0.248. The lowest BCUT2D eigenvalue weighted by Gasteiger charge is -2.61. The van der Waals surface area contributed by atoms with E-state index in [1.165, 1.54) is 50.5 Å². The average molecular weight is 483 g/mol. The summed E-state index contributed by atoms with van der Waals surface area (Å²) in [5.41, 5.74) is 1.15. The van der Waals surface area contributed by atoms with E-state index in [0.717, 1.165) is 44.1 Å². The van der Waals surface area contributed by atoms with E-state index in [1.807, 2.05) is 6.07 Å². The van der Waals surface area contributed by atoms with Crippen molar-refractivity contribution < 1.29 is 23.8 Å². The number of ether oxygens (including phenoxy) is 3. The van der Waals surface area contributed by atoms with Crippen LogP contribution in [0.1, 0.15) is 114 Å². The summed E-state index contributed by atoms with van der Waals surface area (Å²) < 4.78 is 18.6. The van der Waals surface area contributed by atoms with Crippen LogP contribution in [-0.2, 0) is 26.2 Å². The summed E-state index contributed by atoms with van der Waals surface area (Å²) in [4.78, 5) is 26.5. The Bertz CT molecular complexity index is 954. The smallest absolute Gasteiger partial charge is 0.306 e. The van der Waals surface area contributed by atoms with Crippen LogP contribution in [0, 0.1) is 5.92 Å². The first-order valence-electron chi connectivity index (χ1n) is 14.2. The number of unbranched alkanes of at least 4 members (excludes halogenated alkanes) is 8. The number of carbonyl (C=O) groups excluding carboxylic acids is 2. The highest BCUT2D eigenvalue weighted by Crippen LogP contribution is 2.68. The largest absolute Gasteiger partial charge is 0.493 e. The first-order valence-corrected chi connectivity index (χ1v) is 14.2. The molecule has 1 spiro atoms. The van der Waals surface area contributed by atoms with Crippen LogP contribution in [0.4, 0.5) is 0 Å². The van der Waals surface area contributed by atoms with Crippen molar-refractivity contribution in [2.75, 3.05) is 7.11 Å². The van der Waals surface area contributed by atoms with E-state index < -0.39 is 17.1 Å². The minimum absolute atomic E-state index is 0.0906. The van der Waals surface area contributed by atoms with Gasteiger partial charge in [0.15, 0.2) is 23.4 Å². The molecule has 5 rings (SSSR count). The number of hydrogen-bond acceptors (Lipinski definition) is 5. The van der Waals surface area contributed by atoms with Crippen molar-refractivity contribution in [3.63, 3.8) is 0 Å². The van der Waals surface area contributed by atoms with Crippen LogP contribution in [0.15, 0.2) is 12.1 Å². The Morgan fingerprint density at radius 3 is 2.54 bits per heavy atom. The van der Waals surface area contributed by atoms with Gasteiger partial charge in [-0.05, 0) is 43.7 Å². The SMILES string of the molecule is CCCCCCCCCCCC(=O)O[C@@]12CCC(=O)[C@@H]3Oc4c(OC)ccc5c4[C@@]31CCC[C@@H]2C5. The zero-order valence-corrected chi connectivity index (χ0v) is 21.7. The maximum absolute atomic E-state index is 13.3. The van der Waals surface area contributed by atoms with Crippen molar-refractivity contribution in [1.82, 2.24) is 0 Å². The highest BCUT2D eigenvalue weighted by molar-refractivity contribution is 5.90. The van der Waals surface area contributed by atoms with E-state index in [4.69, 9.17) is 14.2 Å². The van der Waals surface area contributed by atoms with Crippen molar-refractivity contribution in [3.05, 3.63) is 23.3 Å². The first kappa shape index (κ1) is 24.6. The number of esters is 1. The third-order valence-corrected chi connectivity index (χ3v) is 9.38. The zero-order valence-electron chi connectivity index (χ0n) is 21.7. The summed E-state index contributed by atoms with van der Waals surface area (Å²) in [6, 6.07) is 4.10. The lowest BCUT2D eigenvalue weighted by atomic mass is 9.45. The van der Waals surface area contributed by atoms with E-state index in [0.29, 0.717) is 30.8 Å². The predicted molar refractivity (Wildman–Crippen MR) is 135 cm³/mol. The van der Waals surface area contributed by atoms with Gasteiger partial charge in [0, 0.05) is 24.3 Å². The van der Waals surface area contributed by atoms with Gasteiger partial charge in [-0.2, -0.15) is 0 Å². The molecule has 4 aliphatic rings. The van der Waals surface area contributed by atoms with Gasteiger partial charge in [-0.25, -0.2) is 0 Å². The molecule has 192 valence electrons. The Morgan fingerprint density at radius 2 is 1.80 bits per heavy atom. The van der Waals surface area contributed by atoms with Crippen LogP contribution < -0.4 is 9.47 Å². The normalized spacial score (nSPS) is 29.9. The molecular weight excluding hydrogens is 440 g/mol. The maximum Gasteiger partial charge on any atom is 0.306 e. The molecule has 0 saturated heterocycles. The summed E-state index contributed by atoms with van der Waals surface area (Å²) in [7, 11) is 1.65. The van der Waals surface area contributed by atoms with E-state index >= 15 is 0 Å². The second-order valence-corrected chi connectivity index (χ2v) is 11.3. The van der Waals surface area contributed by atoms with E-state index in [2.05, 4.69) is 13.0 Å². The summed E-state index contributed by atoms with van der Waals surface area (Å²) in [6.45, 7) is 2.25. The Labute approximate surface area is 210 Å². The molecule has 1 aliphatic heterocycles. The monoisotopic (exact) mass is 482 g/mol. The minimum Gasteiger partial charge on any atom is -0.493 e. The van der Waals surface area contributed by atoms with Crippen LogP contribution >= 0.6 is 0 Å². The maximum atomic E-state index is 13.3. The van der Waals surface area contributed by atoms with Gasteiger partial charge in [-0.3, -0.25) is 9.59 Å². The second-order valence-electron chi connectivity index (χ2n) is 11.3. The number of hydrogen-bond donors (Lipinski definition) is 0. The van der Waals surface area contributed by atoms with Gasteiger partial charge in [-0.15, -0.1) is 0 Å². The summed E-state index contributed by atoms with van der Waals surface area (Å²) in [5, 5.41) is 0. The van der Waals surface area contributed by atoms with Crippen molar-refractivity contribution in [2.45, 2.75) is 127 Å². The molecule has 0 aromatic heterocycles. The van der Waals surface area contributed by atoms with Crippen LogP contribution in [0.5, 0.6) is 11.5 Å². The zero-order chi connectivity index (χ0) is 24.5. The van der Waals surface area contributed by atoms with Crippen LogP contribution in [0.2, 0.25) is 0 Å². The lowest BCUT2D eigenvalue weighted by molar-refractivity contribution is -0.208. The van der Waals surface area contributed by atoms with Gasteiger partial charge in [0.05, 0.1) is 12.5 Å². The van der Waals surface area contributed by atoms with Gasteiger partial charge in [0.25, 0.3) is 0 Å². The molecule has 0 radical (unpaired) electrons. The third-order valence-electron chi connectivity index (χ3n) is 9.38. The Balaban J connectivity index is 1.30. The van der Waals surface area contributed by atoms with Gasteiger partial charge in [0.1, 0.15) is 5.60 Å². The molecule has 4 atom stereocenters. The standard InChI is InChI=1S/C30H42O5/c1-3-4-5-6-7-8-9-10-11-14-25(32)35-30-19-17-23(31)28-29(30)18-12-13-22(30)20-21-15-16-24(33-2)27(34-28)26(21)29/h15-16,22,28H,3-14,17-20H2,1-2H3/t22-,28+,29+,30-/m1/s1. The first-order chi connectivity index (χ1) is 17.1. The second kappa shape index (κ2) is 10.1. The lowest BCUT2D eigenvalue weighted by Crippen LogP contribution is -2.71. The summed E-state index contributed by atoms with van der Waals surface area (Å²) in [5.74, 6) is 1.69. The van der Waals surface area contributed by atoms with E-state index in [-0.39, 0.29) is 17.7 Å². The predicted octanol–water partition coefficient (Wildman–Crippen LogP) is 6.62. The number of carbonyl (C=O) groups is 2. The Morgan fingerprint density at radius 1 is 1.06 bits per heavy atom. The average Bonchev–Trinajstić information content (AvgIpc) is 3.20. The van der Waals surface area contributed by atoms with Crippen molar-refractivity contribution >= 4 is 11.8 Å². The molecule has 3 aliphatic carbocycles. The molecule has 5 nitrogen and oxygen atoms in total. The number of ketones is 1. The van der Waals surface area contributed by atoms with Gasteiger partial charge < -0.3 is 14.2 Å². The molecule has 0 N–H and O–H groups in total. The molecule has 0 amide bonds. The van der Waals surface area contributed by atoms with Crippen molar-refractivity contribution in [2.24, 2.45) is 5.92 Å². The highest BCUT2D eigenvalue weighted by atomic mass is 16.6. The van der Waals surface area contributed by atoms with Crippen molar-refractivity contribution in [1.29, 1.82) is 0 Å². The van der Waals surface area contributed by atoms with Gasteiger partial charge >= 0.3 is 5.97 Å². The topological polar surface area (TPSA) is 61.8 Å². The van der Waals surface area contributed by atoms with Gasteiger partial charge in [-0.1, -0.05) is 70.8 Å². The fraction of sp³-hybridized carbons (Fsp3) is 0.733. The molecule has 1 aromatic rings. The molecule has 2 bridgehead atoms. The molecule has 0 unspecified atom stereocenters. The number of methoxy groups -OCH3 is 1. The molecule has 2 fully saturated rings. The molecule has 5 heteroatoms. The van der Waals surface area contributed by atoms with E-state index in [1.54, 1.807) is 7.11 Å². The van der Waals surface area contributed by atoms with Crippen LogP contribution in [-0.4, -0.2) is 30.6 Å². The molecular formula is C30H42O5. The summed E-state index contributed by atoms with van der Waals surface area (Å²) >= 11 is 0. The Kier molecular flexibility index (Phi) is 7.14. The number of Topliss-reactive ketones (excluding diaryl/α,β-unsaturated/α-hetero) is 1.